The molecule has 1 amide bonds. The number of rotatable bonds is 3. The van der Waals surface area contributed by atoms with Crippen molar-refractivity contribution >= 4 is 45.2 Å². The molecular formula is C18H16INO2. The van der Waals surface area contributed by atoms with Crippen LogP contribution in [-0.4, -0.2) is 5.91 Å². The maximum absolute atomic E-state index is 12.4. The van der Waals surface area contributed by atoms with Crippen LogP contribution in [0.15, 0.2) is 46.9 Å². The Morgan fingerprint density at radius 1 is 1.18 bits per heavy atom. The minimum absolute atomic E-state index is 0.215. The lowest BCUT2D eigenvalue weighted by atomic mass is 10.1. The molecular weight excluding hydrogens is 389 g/mol. The van der Waals surface area contributed by atoms with E-state index in [0.717, 1.165) is 32.2 Å². The molecule has 1 aromatic heterocycles. The Balaban J connectivity index is 1.93. The second-order valence-corrected chi connectivity index (χ2v) is 6.45. The van der Waals surface area contributed by atoms with Gasteiger partial charge in [0.15, 0.2) is 5.76 Å². The average molecular weight is 405 g/mol. The summed E-state index contributed by atoms with van der Waals surface area (Å²) in [5.74, 6) is 0.162. The molecule has 3 aromatic rings. The van der Waals surface area contributed by atoms with Crippen LogP contribution in [0.25, 0.3) is 11.0 Å². The van der Waals surface area contributed by atoms with Gasteiger partial charge in [0.25, 0.3) is 5.91 Å². The van der Waals surface area contributed by atoms with Crippen LogP contribution in [0.5, 0.6) is 0 Å². The van der Waals surface area contributed by atoms with Crippen molar-refractivity contribution < 1.29 is 9.21 Å². The summed E-state index contributed by atoms with van der Waals surface area (Å²) in [5.41, 5.74) is 3.64. The van der Waals surface area contributed by atoms with Crippen molar-refractivity contribution in [3.8, 4) is 0 Å². The SMILES string of the molecule is CCc1ccc2oc(C(=O)Nc3ccc(I)cc3)c(C)c2c1. The van der Waals surface area contributed by atoms with Crippen molar-refractivity contribution in [2.45, 2.75) is 20.3 Å². The number of hydrogen-bond acceptors (Lipinski definition) is 2. The van der Waals surface area contributed by atoms with Gasteiger partial charge < -0.3 is 9.73 Å². The van der Waals surface area contributed by atoms with Crippen LogP contribution < -0.4 is 5.32 Å². The van der Waals surface area contributed by atoms with Gasteiger partial charge in [0, 0.05) is 20.2 Å². The number of carbonyl (C=O) groups excluding carboxylic acids is 1. The minimum Gasteiger partial charge on any atom is -0.451 e. The first-order valence-corrected chi connectivity index (χ1v) is 8.25. The van der Waals surface area contributed by atoms with E-state index >= 15 is 0 Å². The number of benzene rings is 2. The molecule has 22 heavy (non-hydrogen) atoms. The Labute approximate surface area is 142 Å². The second-order valence-electron chi connectivity index (χ2n) is 5.20. The Bertz CT molecular complexity index is 834. The van der Waals surface area contributed by atoms with Gasteiger partial charge in [-0.05, 0) is 77.9 Å². The Kier molecular flexibility index (Phi) is 4.20. The van der Waals surface area contributed by atoms with E-state index in [0.29, 0.717) is 5.76 Å². The van der Waals surface area contributed by atoms with Crippen LogP contribution in [0.1, 0.15) is 28.6 Å². The average Bonchev–Trinajstić information content (AvgIpc) is 2.86. The van der Waals surface area contributed by atoms with E-state index in [1.54, 1.807) is 0 Å². The van der Waals surface area contributed by atoms with Gasteiger partial charge in [-0.25, -0.2) is 0 Å². The molecule has 0 spiro atoms. The van der Waals surface area contributed by atoms with Crippen LogP contribution in [0.3, 0.4) is 0 Å². The highest BCUT2D eigenvalue weighted by Gasteiger charge is 2.17. The van der Waals surface area contributed by atoms with Gasteiger partial charge in [0.1, 0.15) is 5.58 Å². The van der Waals surface area contributed by atoms with Gasteiger partial charge in [-0.3, -0.25) is 4.79 Å². The molecule has 0 fully saturated rings. The molecule has 0 bridgehead atoms. The van der Waals surface area contributed by atoms with Crippen molar-refractivity contribution in [2.75, 3.05) is 5.32 Å². The first-order valence-electron chi connectivity index (χ1n) is 7.17. The van der Waals surface area contributed by atoms with Gasteiger partial charge in [0.05, 0.1) is 0 Å². The highest BCUT2D eigenvalue weighted by molar-refractivity contribution is 14.1. The zero-order valence-electron chi connectivity index (χ0n) is 12.4. The number of halogens is 1. The normalized spacial score (nSPS) is 10.9. The third-order valence-corrected chi connectivity index (χ3v) is 4.44. The maximum atomic E-state index is 12.4. The minimum atomic E-state index is -0.215. The van der Waals surface area contributed by atoms with Gasteiger partial charge in [-0.1, -0.05) is 13.0 Å². The molecule has 112 valence electrons. The number of carbonyl (C=O) groups is 1. The lowest BCUT2D eigenvalue weighted by Gasteiger charge is -2.03. The fraction of sp³-hybridized carbons (Fsp3) is 0.167. The van der Waals surface area contributed by atoms with Crippen LogP contribution in [0.4, 0.5) is 5.69 Å². The van der Waals surface area contributed by atoms with Crippen molar-refractivity contribution in [3.05, 3.63) is 62.9 Å². The molecule has 1 N–H and O–H groups in total. The topological polar surface area (TPSA) is 42.2 Å². The monoisotopic (exact) mass is 405 g/mol. The summed E-state index contributed by atoms with van der Waals surface area (Å²) in [5, 5.41) is 3.89. The summed E-state index contributed by atoms with van der Waals surface area (Å²) in [4.78, 5) is 12.4. The third kappa shape index (κ3) is 2.88. The van der Waals surface area contributed by atoms with E-state index in [2.05, 4.69) is 40.9 Å². The lowest BCUT2D eigenvalue weighted by molar-refractivity contribution is 0.0998. The largest absolute Gasteiger partial charge is 0.451 e. The summed E-state index contributed by atoms with van der Waals surface area (Å²) in [7, 11) is 0. The predicted molar refractivity (Wildman–Crippen MR) is 97.4 cm³/mol. The summed E-state index contributed by atoms with van der Waals surface area (Å²) >= 11 is 2.23. The smallest absolute Gasteiger partial charge is 0.291 e. The number of hydrogen-bond donors (Lipinski definition) is 1. The van der Waals surface area contributed by atoms with Crippen LogP contribution in [0, 0.1) is 10.5 Å². The summed E-state index contributed by atoms with van der Waals surface area (Å²) in [6.45, 7) is 4.04. The third-order valence-electron chi connectivity index (χ3n) is 3.72. The molecule has 0 radical (unpaired) electrons. The van der Waals surface area contributed by atoms with E-state index in [1.165, 1.54) is 5.56 Å². The fourth-order valence-electron chi connectivity index (χ4n) is 2.43. The Morgan fingerprint density at radius 2 is 1.91 bits per heavy atom. The molecule has 2 aromatic carbocycles. The van der Waals surface area contributed by atoms with Crippen molar-refractivity contribution in [1.29, 1.82) is 0 Å². The quantitative estimate of drug-likeness (QED) is 0.612. The molecule has 0 atom stereocenters. The summed E-state index contributed by atoms with van der Waals surface area (Å²) in [6.07, 6.45) is 0.963. The van der Waals surface area contributed by atoms with E-state index in [1.807, 2.05) is 43.3 Å². The van der Waals surface area contributed by atoms with Crippen molar-refractivity contribution in [1.82, 2.24) is 0 Å². The van der Waals surface area contributed by atoms with Gasteiger partial charge in [0.2, 0.25) is 0 Å². The van der Waals surface area contributed by atoms with Crippen LogP contribution >= 0.6 is 22.6 Å². The number of aryl methyl sites for hydroxylation is 2. The summed E-state index contributed by atoms with van der Waals surface area (Å²) in [6, 6.07) is 13.7. The molecule has 0 saturated carbocycles. The highest BCUT2D eigenvalue weighted by atomic mass is 127. The summed E-state index contributed by atoms with van der Waals surface area (Å²) < 4.78 is 6.87. The Morgan fingerprint density at radius 3 is 2.59 bits per heavy atom. The zero-order chi connectivity index (χ0) is 15.7. The molecule has 0 aliphatic heterocycles. The van der Waals surface area contributed by atoms with E-state index < -0.39 is 0 Å². The van der Waals surface area contributed by atoms with E-state index in [9.17, 15) is 4.79 Å². The first-order chi connectivity index (χ1) is 10.6. The van der Waals surface area contributed by atoms with Crippen LogP contribution in [-0.2, 0) is 6.42 Å². The molecule has 0 aliphatic carbocycles. The van der Waals surface area contributed by atoms with Gasteiger partial charge in [-0.2, -0.15) is 0 Å². The van der Waals surface area contributed by atoms with Gasteiger partial charge in [-0.15, -0.1) is 0 Å². The molecule has 4 heteroatoms. The predicted octanol–water partition coefficient (Wildman–Crippen LogP) is 5.16. The van der Waals surface area contributed by atoms with Crippen molar-refractivity contribution in [3.63, 3.8) is 0 Å². The number of nitrogens with one attached hydrogen (secondary N) is 1. The second kappa shape index (κ2) is 6.12. The highest BCUT2D eigenvalue weighted by Crippen LogP contribution is 2.27. The molecule has 0 unspecified atom stereocenters. The fourth-order valence-corrected chi connectivity index (χ4v) is 2.79. The number of fused-ring (bicyclic) bond motifs is 1. The number of anilines is 1. The lowest BCUT2D eigenvalue weighted by Crippen LogP contribution is -2.12. The number of amides is 1. The molecule has 3 nitrogen and oxygen atoms in total. The Hall–Kier alpha value is -1.82. The van der Waals surface area contributed by atoms with Crippen LogP contribution in [0.2, 0.25) is 0 Å². The molecule has 0 saturated heterocycles. The number of furan rings is 1. The van der Waals surface area contributed by atoms with E-state index in [4.69, 9.17) is 4.42 Å². The molecule has 3 rings (SSSR count). The van der Waals surface area contributed by atoms with Crippen molar-refractivity contribution in [2.24, 2.45) is 0 Å². The van der Waals surface area contributed by atoms with E-state index in [-0.39, 0.29) is 5.91 Å². The molecule has 0 aliphatic rings. The maximum Gasteiger partial charge on any atom is 0.291 e. The first kappa shape index (κ1) is 15.1. The zero-order valence-corrected chi connectivity index (χ0v) is 14.6. The van der Waals surface area contributed by atoms with Gasteiger partial charge >= 0.3 is 0 Å². The standard InChI is InChI=1S/C18H16INO2/c1-3-12-4-9-16-15(10-12)11(2)17(22-16)18(21)20-14-7-5-13(19)6-8-14/h4-10H,3H2,1-2H3,(H,20,21). The molecule has 1 heterocycles.